The number of nitrogens with zero attached hydrogens (tertiary/aromatic N) is 3. The lowest BCUT2D eigenvalue weighted by Gasteiger charge is -2.46. The highest BCUT2D eigenvalue weighted by molar-refractivity contribution is 5.92. The van der Waals surface area contributed by atoms with E-state index in [1.807, 2.05) is 6.92 Å². The number of aromatic nitrogens is 2. The van der Waals surface area contributed by atoms with E-state index in [0.717, 1.165) is 50.9 Å². The Morgan fingerprint density at radius 2 is 1.88 bits per heavy atom. The van der Waals surface area contributed by atoms with Crippen LogP contribution in [0.1, 0.15) is 38.2 Å². The Hall–Kier alpha value is -2.82. The van der Waals surface area contributed by atoms with Gasteiger partial charge in [0.25, 0.3) is 0 Å². The topological polar surface area (TPSA) is 88.5 Å². The summed E-state index contributed by atoms with van der Waals surface area (Å²) >= 11 is 0. The molecule has 0 bridgehead atoms. The Labute approximate surface area is 195 Å². The smallest absolute Gasteiger partial charge is 0.416 e. The molecule has 1 saturated carbocycles. The summed E-state index contributed by atoms with van der Waals surface area (Å²) in [5.41, 5.74) is -0.213. The molecule has 4 rings (SSSR count). The quantitative estimate of drug-likeness (QED) is 0.592. The largest absolute Gasteiger partial charge is 0.466 e. The summed E-state index contributed by atoms with van der Waals surface area (Å²) in [7, 11) is 1.64. The van der Waals surface area contributed by atoms with Gasteiger partial charge in [0.1, 0.15) is 0 Å². The van der Waals surface area contributed by atoms with Gasteiger partial charge in [0, 0.05) is 31.6 Å². The van der Waals surface area contributed by atoms with E-state index in [4.69, 9.17) is 4.74 Å². The number of hydrogen-bond acceptors (Lipinski definition) is 6. The van der Waals surface area contributed by atoms with Gasteiger partial charge in [-0.25, -0.2) is 0 Å². The number of likely N-dealkylation sites (tertiary alicyclic amines) is 1. The number of ether oxygens (including phenoxy) is 1. The summed E-state index contributed by atoms with van der Waals surface area (Å²) in [5.74, 6) is -0.0970. The molecular weight excluding hydrogens is 451 g/mol. The van der Waals surface area contributed by atoms with Crippen LogP contribution in [0.15, 0.2) is 18.2 Å². The predicted octanol–water partition coefficient (Wildman–Crippen LogP) is 2.93. The van der Waals surface area contributed by atoms with Crippen molar-refractivity contribution in [3.63, 3.8) is 0 Å². The highest BCUT2D eigenvalue weighted by Gasteiger charge is 2.37. The molecule has 2 N–H and O–H groups in total. The first-order valence-electron chi connectivity index (χ1n) is 11.6. The molecule has 1 amide bonds. The molecule has 0 spiro atoms. The zero-order valence-corrected chi connectivity index (χ0v) is 19.3. The van der Waals surface area contributed by atoms with Gasteiger partial charge in [0.05, 0.1) is 36.2 Å². The van der Waals surface area contributed by atoms with Crippen molar-refractivity contribution in [2.45, 2.75) is 50.9 Å². The Balaban J connectivity index is 1.23. The molecule has 1 aromatic carbocycles. The zero-order valence-electron chi connectivity index (χ0n) is 19.3. The third-order valence-electron chi connectivity index (χ3n) is 6.70. The molecule has 11 heteroatoms. The first kappa shape index (κ1) is 24.3. The number of esters is 1. The molecule has 1 aliphatic carbocycles. The highest BCUT2D eigenvalue weighted by atomic mass is 19.4. The SMILES string of the molecule is CCOC(=O)C1CCC(N2CC(NC(=O)CNc3nn(C)c4ccc(C(F)(F)F)cc34)C2)CC1. The first-order valence-corrected chi connectivity index (χ1v) is 11.6. The fourth-order valence-electron chi connectivity index (χ4n) is 4.85. The number of rotatable bonds is 7. The van der Waals surface area contributed by atoms with Crippen molar-refractivity contribution < 1.29 is 27.5 Å². The van der Waals surface area contributed by atoms with E-state index in [-0.39, 0.29) is 36.2 Å². The standard InChI is InChI=1S/C23H30F3N5O3/c1-3-34-22(33)14-4-7-17(8-5-14)31-12-16(13-31)28-20(32)11-27-21-18-10-15(23(24,25)26)6-9-19(18)30(2)29-21/h6,9-10,14,16-17H,3-5,7-8,11-13H2,1-2H3,(H,27,29)(H,28,32). The van der Waals surface area contributed by atoms with Gasteiger partial charge in [0.15, 0.2) is 5.82 Å². The molecule has 1 saturated heterocycles. The van der Waals surface area contributed by atoms with Gasteiger partial charge in [-0.15, -0.1) is 0 Å². The number of fused-ring (bicyclic) bond motifs is 1. The number of alkyl halides is 3. The molecule has 0 radical (unpaired) electrons. The Morgan fingerprint density at radius 1 is 1.18 bits per heavy atom. The summed E-state index contributed by atoms with van der Waals surface area (Å²) in [5, 5.41) is 10.4. The van der Waals surface area contributed by atoms with Gasteiger partial charge < -0.3 is 15.4 Å². The minimum atomic E-state index is -4.45. The number of carbonyl (C=O) groups excluding carboxylic acids is 2. The van der Waals surface area contributed by atoms with Gasteiger partial charge >= 0.3 is 12.1 Å². The second-order valence-corrected chi connectivity index (χ2v) is 9.03. The first-order chi connectivity index (χ1) is 16.2. The molecule has 0 unspecified atom stereocenters. The number of halogens is 3. The third-order valence-corrected chi connectivity index (χ3v) is 6.70. The fourth-order valence-corrected chi connectivity index (χ4v) is 4.85. The molecule has 8 nitrogen and oxygen atoms in total. The van der Waals surface area contributed by atoms with Gasteiger partial charge in [-0.3, -0.25) is 19.2 Å². The van der Waals surface area contributed by atoms with E-state index < -0.39 is 11.7 Å². The molecule has 1 aliphatic heterocycles. The fraction of sp³-hybridized carbons (Fsp3) is 0.609. The average molecular weight is 482 g/mol. The third kappa shape index (κ3) is 5.29. The van der Waals surface area contributed by atoms with Crippen LogP contribution in [-0.4, -0.2) is 64.9 Å². The number of aryl methyl sites for hydroxylation is 1. The number of benzene rings is 1. The van der Waals surface area contributed by atoms with Crippen LogP contribution in [0.25, 0.3) is 10.9 Å². The van der Waals surface area contributed by atoms with E-state index >= 15 is 0 Å². The lowest BCUT2D eigenvalue weighted by molar-refractivity contribution is -0.149. The van der Waals surface area contributed by atoms with Gasteiger partial charge in [-0.05, 0) is 50.8 Å². The van der Waals surface area contributed by atoms with Gasteiger partial charge in [-0.2, -0.15) is 18.3 Å². The summed E-state index contributed by atoms with van der Waals surface area (Å²) in [6.07, 6.45) is -0.909. The van der Waals surface area contributed by atoms with Crippen molar-refractivity contribution >= 4 is 28.6 Å². The molecule has 186 valence electrons. The van der Waals surface area contributed by atoms with Crippen LogP contribution in [0.5, 0.6) is 0 Å². The number of anilines is 1. The summed E-state index contributed by atoms with van der Waals surface area (Å²) < 4.78 is 45.8. The lowest BCUT2D eigenvalue weighted by Crippen LogP contribution is -2.63. The van der Waals surface area contributed by atoms with Crippen molar-refractivity contribution in [2.24, 2.45) is 13.0 Å². The molecule has 1 aromatic heterocycles. The number of carbonyl (C=O) groups is 2. The van der Waals surface area contributed by atoms with Crippen LogP contribution in [0, 0.1) is 5.92 Å². The van der Waals surface area contributed by atoms with Crippen LogP contribution in [0.2, 0.25) is 0 Å². The molecular formula is C23H30F3N5O3. The second-order valence-electron chi connectivity index (χ2n) is 9.03. The zero-order chi connectivity index (χ0) is 24.5. The van der Waals surface area contributed by atoms with Crippen LogP contribution in [-0.2, 0) is 27.5 Å². The van der Waals surface area contributed by atoms with E-state index in [9.17, 15) is 22.8 Å². The monoisotopic (exact) mass is 481 g/mol. The van der Waals surface area contributed by atoms with Crippen LogP contribution < -0.4 is 10.6 Å². The molecule has 2 aliphatic rings. The van der Waals surface area contributed by atoms with Crippen molar-refractivity contribution in [1.29, 1.82) is 0 Å². The minimum Gasteiger partial charge on any atom is -0.466 e. The van der Waals surface area contributed by atoms with Crippen LogP contribution >= 0.6 is 0 Å². The molecule has 0 atom stereocenters. The summed E-state index contributed by atoms with van der Waals surface area (Å²) in [6.45, 7) is 3.65. The van der Waals surface area contributed by atoms with Crippen LogP contribution in [0.4, 0.5) is 19.0 Å². The lowest BCUT2D eigenvalue weighted by atomic mass is 9.84. The second kappa shape index (κ2) is 9.81. The maximum absolute atomic E-state index is 13.1. The minimum absolute atomic E-state index is 0.00561. The van der Waals surface area contributed by atoms with E-state index in [2.05, 4.69) is 20.6 Å². The molecule has 34 heavy (non-hydrogen) atoms. The van der Waals surface area contributed by atoms with E-state index in [0.29, 0.717) is 23.6 Å². The summed E-state index contributed by atoms with van der Waals surface area (Å²) in [4.78, 5) is 26.6. The van der Waals surface area contributed by atoms with Gasteiger partial charge in [0.2, 0.25) is 5.91 Å². The van der Waals surface area contributed by atoms with Crippen molar-refractivity contribution in [2.75, 3.05) is 31.6 Å². The Bertz CT molecular complexity index is 1040. The molecule has 2 aromatic rings. The number of amides is 1. The van der Waals surface area contributed by atoms with Crippen molar-refractivity contribution in [1.82, 2.24) is 20.0 Å². The normalized spacial score (nSPS) is 21.8. The number of hydrogen-bond donors (Lipinski definition) is 2. The average Bonchev–Trinajstić information content (AvgIpc) is 3.09. The molecule has 2 heterocycles. The maximum Gasteiger partial charge on any atom is 0.416 e. The van der Waals surface area contributed by atoms with Crippen molar-refractivity contribution in [3.05, 3.63) is 23.8 Å². The summed E-state index contributed by atoms with van der Waals surface area (Å²) in [6, 6.07) is 3.89. The number of nitrogens with one attached hydrogen (secondary N) is 2. The van der Waals surface area contributed by atoms with E-state index in [1.54, 1.807) is 7.05 Å². The van der Waals surface area contributed by atoms with E-state index in [1.165, 1.54) is 10.7 Å². The maximum atomic E-state index is 13.1. The predicted molar refractivity (Wildman–Crippen MR) is 120 cm³/mol. The highest BCUT2D eigenvalue weighted by Crippen LogP contribution is 2.33. The Morgan fingerprint density at radius 3 is 2.53 bits per heavy atom. The van der Waals surface area contributed by atoms with Crippen LogP contribution in [0.3, 0.4) is 0 Å². The van der Waals surface area contributed by atoms with Gasteiger partial charge in [-0.1, -0.05) is 0 Å². The Kier molecular flexibility index (Phi) is 7.01. The van der Waals surface area contributed by atoms with Crippen molar-refractivity contribution in [3.8, 4) is 0 Å². The molecule has 2 fully saturated rings.